The third-order valence-electron chi connectivity index (χ3n) is 4.67. The standard InChI is InChI=1S/C19H22N4OS/c20-19-21-16-6-7-17(22-18(16)25-19)24-13-15-8-10-23(11-9-15)12-14-4-2-1-3-5-14/h1-7,15H,8-13H2,(H2,20,21). The fourth-order valence-corrected chi connectivity index (χ4v) is 3.95. The molecular weight excluding hydrogens is 332 g/mol. The summed E-state index contributed by atoms with van der Waals surface area (Å²) in [7, 11) is 0. The van der Waals surface area contributed by atoms with Crippen molar-refractivity contribution >= 4 is 26.8 Å². The van der Waals surface area contributed by atoms with Crippen molar-refractivity contribution in [3.63, 3.8) is 0 Å². The summed E-state index contributed by atoms with van der Waals surface area (Å²) in [5, 5.41) is 0.547. The van der Waals surface area contributed by atoms with Gasteiger partial charge in [-0.1, -0.05) is 41.7 Å². The van der Waals surface area contributed by atoms with Crippen molar-refractivity contribution in [1.82, 2.24) is 14.9 Å². The summed E-state index contributed by atoms with van der Waals surface area (Å²) >= 11 is 1.40. The second-order valence-corrected chi connectivity index (χ2v) is 7.55. The third kappa shape index (κ3) is 4.08. The lowest BCUT2D eigenvalue weighted by atomic mass is 9.97. The van der Waals surface area contributed by atoms with E-state index in [4.69, 9.17) is 10.5 Å². The second kappa shape index (κ2) is 7.37. The van der Waals surface area contributed by atoms with Crippen LogP contribution in [0.4, 0.5) is 5.13 Å². The molecule has 2 aromatic heterocycles. The molecule has 0 amide bonds. The van der Waals surface area contributed by atoms with E-state index in [1.54, 1.807) is 0 Å². The van der Waals surface area contributed by atoms with Crippen LogP contribution in [0, 0.1) is 5.92 Å². The first-order chi connectivity index (χ1) is 12.3. The molecule has 3 heterocycles. The third-order valence-corrected chi connectivity index (χ3v) is 5.46. The van der Waals surface area contributed by atoms with Gasteiger partial charge in [0.15, 0.2) is 5.13 Å². The van der Waals surface area contributed by atoms with Crippen LogP contribution in [0.1, 0.15) is 18.4 Å². The lowest BCUT2D eigenvalue weighted by Crippen LogP contribution is -2.35. The van der Waals surface area contributed by atoms with Crippen LogP contribution in [0.15, 0.2) is 42.5 Å². The Kier molecular flexibility index (Phi) is 4.81. The number of rotatable bonds is 5. The van der Waals surface area contributed by atoms with Gasteiger partial charge in [-0.05, 0) is 43.5 Å². The van der Waals surface area contributed by atoms with E-state index in [1.807, 2.05) is 12.1 Å². The van der Waals surface area contributed by atoms with E-state index in [0.717, 1.165) is 36.6 Å². The van der Waals surface area contributed by atoms with Crippen LogP contribution >= 0.6 is 11.3 Å². The minimum absolute atomic E-state index is 0.547. The number of anilines is 1. The number of nitrogens with zero attached hydrogens (tertiary/aromatic N) is 3. The van der Waals surface area contributed by atoms with E-state index in [-0.39, 0.29) is 0 Å². The average Bonchev–Trinajstić information content (AvgIpc) is 3.01. The molecular formula is C19H22N4OS. The molecule has 1 aliphatic rings. The number of likely N-dealkylation sites (tertiary alicyclic amines) is 1. The van der Waals surface area contributed by atoms with Crippen molar-refractivity contribution in [1.29, 1.82) is 0 Å². The van der Waals surface area contributed by atoms with Gasteiger partial charge in [0.05, 0.1) is 6.61 Å². The van der Waals surface area contributed by atoms with Gasteiger partial charge < -0.3 is 10.5 Å². The lowest BCUT2D eigenvalue weighted by molar-refractivity contribution is 0.135. The molecule has 1 aliphatic heterocycles. The maximum Gasteiger partial charge on any atom is 0.214 e. The van der Waals surface area contributed by atoms with Gasteiger partial charge in [-0.3, -0.25) is 4.90 Å². The number of pyridine rings is 1. The molecule has 5 nitrogen and oxygen atoms in total. The van der Waals surface area contributed by atoms with E-state index in [9.17, 15) is 0 Å². The van der Waals surface area contributed by atoms with Gasteiger partial charge in [0.2, 0.25) is 5.88 Å². The van der Waals surface area contributed by atoms with Crippen LogP contribution in [-0.4, -0.2) is 34.6 Å². The SMILES string of the molecule is Nc1nc2ccc(OCC3CCN(Cc4ccccc4)CC3)nc2s1. The first kappa shape index (κ1) is 16.3. The first-order valence-corrected chi connectivity index (χ1v) is 9.50. The molecule has 0 unspecified atom stereocenters. The number of hydrogen-bond donors (Lipinski definition) is 1. The Morgan fingerprint density at radius 3 is 2.68 bits per heavy atom. The highest BCUT2D eigenvalue weighted by atomic mass is 32.1. The molecule has 0 atom stereocenters. The Morgan fingerprint density at radius 2 is 1.88 bits per heavy atom. The Morgan fingerprint density at radius 1 is 1.08 bits per heavy atom. The summed E-state index contributed by atoms with van der Waals surface area (Å²) in [4.78, 5) is 12.1. The molecule has 1 fully saturated rings. The van der Waals surface area contributed by atoms with Crippen LogP contribution in [-0.2, 0) is 6.54 Å². The lowest BCUT2D eigenvalue weighted by Gasteiger charge is -2.31. The summed E-state index contributed by atoms with van der Waals surface area (Å²) in [6, 6.07) is 14.5. The number of thiazole rings is 1. The molecule has 4 rings (SSSR count). The van der Waals surface area contributed by atoms with Crippen LogP contribution in [0.5, 0.6) is 5.88 Å². The topological polar surface area (TPSA) is 64.3 Å². The summed E-state index contributed by atoms with van der Waals surface area (Å²) in [6.07, 6.45) is 2.34. The van der Waals surface area contributed by atoms with Gasteiger partial charge in [-0.15, -0.1) is 0 Å². The molecule has 0 radical (unpaired) electrons. The average molecular weight is 354 g/mol. The summed E-state index contributed by atoms with van der Waals surface area (Å²) in [5.41, 5.74) is 7.95. The number of ether oxygens (including phenoxy) is 1. The molecule has 0 spiro atoms. The maximum absolute atomic E-state index is 5.92. The molecule has 0 saturated carbocycles. The fourth-order valence-electron chi connectivity index (χ4n) is 3.25. The van der Waals surface area contributed by atoms with Gasteiger partial charge in [-0.25, -0.2) is 9.97 Å². The van der Waals surface area contributed by atoms with Gasteiger partial charge in [0, 0.05) is 12.6 Å². The van der Waals surface area contributed by atoms with E-state index >= 15 is 0 Å². The largest absolute Gasteiger partial charge is 0.477 e. The van der Waals surface area contributed by atoms with Gasteiger partial charge in [0.1, 0.15) is 10.3 Å². The molecule has 1 saturated heterocycles. The van der Waals surface area contributed by atoms with Gasteiger partial charge >= 0.3 is 0 Å². The number of nitrogen functional groups attached to an aromatic ring is 1. The maximum atomic E-state index is 5.92. The van der Waals surface area contributed by atoms with Crippen molar-refractivity contribution < 1.29 is 4.74 Å². The molecule has 25 heavy (non-hydrogen) atoms. The van der Waals surface area contributed by atoms with Crippen molar-refractivity contribution in [3.05, 3.63) is 48.0 Å². The first-order valence-electron chi connectivity index (χ1n) is 8.68. The smallest absolute Gasteiger partial charge is 0.214 e. The van der Waals surface area contributed by atoms with Crippen molar-refractivity contribution in [2.45, 2.75) is 19.4 Å². The molecule has 3 aromatic rings. The van der Waals surface area contributed by atoms with Crippen LogP contribution in [0.3, 0.4) is 0 Å². The minimum atomic E-state index is 0.547. The zero-order chi connectivity index (χ0) is 17.1. The number of piperidine rings is 1. The molecule has 0 bridgehead atoms. The number of nitrogens with two attached hydrogens (primary N) is 1. The molecule has 1 aromatic carbocycles. The molecule has 130 valence electrons. The van der Waals surface area contributed by atoms with Crippen molar-refractivity contribution in [2.24, 2.45) is 5.92 Å². The van der Waals surface area contributed by atoms with E-state index in [1.165, 1.54) is 29.7 Å². The number of benzene rings is 1. The zero-order valence-electron chi connectivity index (χ0n) is 14.1. The van der Waals surface area contributed by atoms with Gasteiger partial charge in [0.25, 0.3) is 0 Å². The monoisotopic (exact) mass is 354 g/mol. The predicted octanol–water partition coefficient (Wildman–Crippen LogP) is 3.56. The predicted molar refractivity (Wildman–Crippen MR) is 102 cm³/mol. The van der Waals surface area contributed by atoms with E-state index in [2.05, 4.69) is 45.2 Å². The quantitative estimate of drug-likeness (QED) is 0.759. The fraction of sp³-hybridized carbons (Fsp3) is 0.368. The number of fused-ring (bicyclic) bond motifs is 1. The van der Waals surface area contributed by atoms with Crippen molar-refractivity contribution in [3.8, 4) is 5.88 Å². The zero-order valence-corrected chi connectivity index (χ0v) is 14.9. The highest BCUT2D eigenvalue weighted by Gasteiger charge is 2.20. The van der Waals surface area contributed by atoms with Crippen LogP contribution in [0.25, 0.3) is 10.3 Å². The van der Waals surface area contributed by atoms with Crippen LogP contribution in [0.2, 0.25) is 0 Å². The Balaban J connectivity index is 1.26. The Labute approximate surface area is 151 Å². The highest BCUT2D eigenvalue weighted by molar-refractivity contribution is 7.21. The number of hydrogen-bond acceptors (Lipinski definition) is 6. The minimum Gasteiger partial charge on any atom is -0.477 e. The van der Waals surface area contributed by atoms with E-state index in [0.29, 0.717) is 16.9 Å². The second-order valence-electron chi connectivity index (χ2n) is 6.54. The summed E-state index contributed by atoms with van der Waals surface area (Å²) in [5.74, 6) is 1.26. The van der Waals surface area contributed by atoms with Crippen LogP contribution < -0.4 is 10.5 Å². The van der Waals surface area contributed by atoms with E-state index < -0.39 is 0 Å². The molecule has 0 aliphatic carbocycles. The summed E-state index contributed by atoms with van der Waals surface area (Å²) in [6.45, 7) is 4.02. The highest BCUT2D eigenvalue weighted by Crippen LogP contribution is 2.25. The Hall–Kier alpha value is -2.18. The summed E-state index contributed by atoms with van der Waals surface area (Å²) < 4.78 is 5.92. The number of aromatic nitrogens is 2. The van der Waals surface area contributed by atoms with Gasteiger partial charge in [-0.2, -0.15) is 0 Å². The molecule has 2 N–H and O–H groups in total. The Bertz CT molecular complexity index is 828. The van der Waals surface area contributed by atoms with Crippen molar-refractivity contribution in [2.75, 3.05) is 25.4 Å². The normalized spacial score (nSPS) is 16.3. The molecule has 6 heteroatoms.